The fraction of sp³-hybridized carbons (Fsp3) is 0.350. The molecule has 0 spiro atoms. The van der Waals surface area contributed by atoms with E-state index in [1.807, 2.05) is 69.5 Å². The van der Waals surface area contributed by atoms with Crippen molar-refractivity contribution in [1.29, 1.82) is 0 Å². The zero-order chi connectivity index (χ0) is 19.0. The summed E-state index contributed by atoms with van der Waals surface area (Å²) in [6, 6.07) is 8.98. The molecule has 136 valence electrons. The minimum Gasteiger partial charge on any atom is -0.352 e. The lowest BCUT2D eigenvalue weighted by molar-refractivity contribution is -0.124. The Morgan fingerprint density at radius 1 is 1.08 bits per heavy atom. The fourth-order valence-electron chi connectivity index (χ4n) is 3.44. The number of rotatable bonds is 4. The van der Waals surface area contributed by atoms with E-state index in [-0.39, 0.29) is 17.5 Å². The summed E-state index contributed by atoms with van der Waals surface area (Å²) in [5.41, 5.74) is 2.19. The van der Waals surface area contributed by atoms with Crippen LogP contribution in [0.15, 0.2) is 41.3 Å². The number of aromatic nitrogens is 3. The molecule has 6 nitrogen and oxygen atoms in total. The van der Waals surface area contributed by atoms with Crippen molar-refractivity contribution in [3.63, 3.8) is 0 Å². The molecule has 3 aromatic rings. The van der Waals surface area contributed by atoms with E-state index in [4.69, 9.17) is 0 Å². The van der Waals surface area contributed by atoms with Gasteiger partial charge in [0.1, 0.15) is 6.04 Å². The Balaban J connectivity index is 2.18. The van der Waals surface area contributed by atoms with E-state index in [0.29, 0.717) is 5.39 Å². The van der Waals surface area contributed by atoms with Crippen LogP contribution in [0.25, 0.3) is 16.5 Å². The molecule has 1 aromatic carbocycles. The molecule has 1 atom stereocenters. The zero-order valence-corrected chi connectivity index (χ0v) is 15.8. The Labute approximate surface area is 152 Å². The van der Waals surface area contributed by atoms with Crippen molar-refractivity contribution in [1.82, 2.24) is 19.7 Å². The summed E-state index contributed by atoms with van der Waals surface area (Å²) in [7, 11) is 0. The first-order chi connectivity index (χ1) is 12.3. The van der Waals surface area contributed by atoms with E-state index >= 15 is 0 Å². The molecule has 1 N–H and O–H groups in total. The predicted octanol–water partition coefficient (Wildman–Crippen LogP) is 2.89. The molecule has 0 bridgehead atoms. The lowest BCUT2D eigenvalue weighted by Crippen LogP contribution is -2.36. The second kappa shape index (κ2) is 6.78. The normalized spacial score (nSPS) is 12.5. The molecule has 2 heterocycles. The summed E-state index contributed by atoms with van der Waals surface area (Å²) >= 11 is 0. The predicted molar refractivity (Wildman–Crippen MR) is 103 cm³/mol. The van der Waals surface area contributed by atoms with E-state index < -0.39 is 6.04 Å². The highest BCUT2D eigenvalue weighted by atomic mass is 16.2. The highest BCUT2D eigenvalue weighted by Gasteiger charge is 2.23. The zero-order valence-electron chi connectivity index (χ0n) is 15.8. The summed E-state index contributed by atoms with van der Waals surface area (Å²) < 4.78 is 3.32. The van der Waals surface area contributed by atoms with Crippen molar-refractivity contribution < 1.29 is 4.79 Å². The molecule has 0 aliphatic carbocycles. The van der Waals surface area contributed by atoms with Gasteiger partial charge in [-0.05, 0) is 46.8 Å². The van der Waals surface area contributed by atoms with Crippen LogP contribution in [-0.2, 0) is 4.79 Å². The summed E-state index contributed by atoms with van der Waals surface area (Å²) in [6.45, 7) is 9.51. The van der Waals surface area contributed by atoms with Crippen molar-refractivity contribution >= 4 is 16.7 Å². The lowest BCUT2D eigenvalue weighted by atomic mass is 10.2. The van der Waals surface area contributed by atoms with Crippen molar-refractivity contribution in [3.05, 3.63) is 58.3 Å². The minimum absolute atomic E-state index is 0.0625. The molecule has 6 heteroatoms. The largest absolute Gasteiger partial charge is 0.352 e. The van der Waals surface area contributed by atoms with E-state index in [1.54, 1.807) is 6.20 Å². The Morgan fingerprint density at radius 2 is 1.73 bits per heavy atom. The molecule has 0 aliphatic heterocycles. The van der Waals surface area contributed by atoms with Gasteiger partial charge in [0.2, 0.25) is 5.91 Å². The van der Waals surface area contributed by atoms with Gasteiger partial charge < -0.3 is 9.88 Å². The van der Waals surface area contributed by atoms with Crippen LogP contribution in [0, 0.1) is 13.8 Å². The van der Waals surface area contributed by atoms with Crippen molar-refractivity contribution in [2.75, 3.05) is 0 Å². The molecule has 0 aliphatic rings. The van der Waals surface area contributed by atoms with Gasteiger partial charge in [-0.3, -0.25) is 9.59 Å². The average Bonchev–Trinajstić information content (AvgIpc) is 2.86. The maximum Gasteiger partial charge on any atom is 0.281 e. The number of nitrogens with one attached hydrogen (secondary N) is 1. The van der Waals surface area contributed by atoms with E-state index in [2.05, 4.69) is 10.4 Å². The Bertz CT molecular complexity index is 1020. The summed E-state index contributed by atoms with van der Waals surface area (Å²) in [4.78, 5) is 25.5. The first kappa shape index (κ1) is 17.9. The van der Waals surface area contributed by atoms with Gasteiger partial charge in [0.05, 0.1) is 17.3 Å². The van der Waals surface area contributed by atoms with E-state index in [1.165, 1.54) is 4.68 Å². The average molecular weight is 352 g/mol. The van der Waals surface area contributed by atoms with Crippen LogP contribution >= 0.6 is 0 Å². The highest BCUT2D eigenvalue weighted by molar-refractivity contribution is 5.89. The van der Waals surface area contributed by atoms with Crippen LogP contribution in [-0.4, -0.2) is 26.3 Å². The third-order valence-electron chi connectivity index (χ3n) is 4.65. The second-order valence-electron chi connectivity index (χ2n) is 6.87. The number of fused-ring (bicyclic) bond motifs is 1. The molecule has 0 saturated heterocycles. The third kappa shape index (κ3) is 2.92. The molecular formula is C20H24N4O2. The van der Waals surface area contributed by atoms with E-state index in [0.717, 1.165) is 22.5 Å². The van der Waals surface area contributed by atoms with Crippen LogP contribution in [0.5, 0.6) is 0 Å². The lowest BCUT2D eigenvalue weighted by Gasteiger charge is -2.19. The summed E-state index contributed by atoms with van der Waals surface area (Å²) in [5.74, 6) is -0.0668. The van der Waals surface area contributed by atoms with Crippen LogP contribution < -0.4 is 10.9 Å². The first-order valence-electron chi connectivity index (χ1n) is 8.78. The standard InChI is InChI=1S/C20H24N4O2/c1-12(2)22-19(25)15(5)23-13(3)17-11-21-24(16-9-7-6-8-10-16)20(26)18(17)14(23)4/h6-12,15H,1-5H3,(H,22,25). The Kier molecular flexibility index (Phi) is 4.68. The SMILES string of the molecule is Cc1c2cnn(-c3ccccc3)c(=O)c2c(C)n1C(C)C(=O)NC(C)C. The number of aryl methyl sites for hydroxylation is 2. The molecule has 0 radical (unpaired) electrons. The molecule has 3 rings (SSSR count). The van der Waals surface area contributed by atoms with Gasteiger partial charge in [-0.15, -0.1) is 0 Å². The van der Waals surface area contributed by atoms with E-state index in [9.17, 15) is 9.59 Å². The quantitative estimate of drug-likeness (QED) is 0.785. The van der Waals surface area contributed by atoms with Crippen molar-refractivity contribution in [3.8, 4) is 5.69 Å². The summed E-state index contributed by atoms with van der Waals surface area (Å²) in [5, 5.41) is 8.65. The third-order valence-corrected chi connectivity index (χ3v) is 4.65. The summed E-state index contributed by atoms with van der Waals surface area (Å²) in [6.07, 6.45) is 1.70. The van der Waals surface area contributed by atoms with Crippen LogP contribution in [0.1, 0.15) is 38.2 Å². The molecule has 1 unspecified atom stereocenters. The van der Waals surface area contributed by atoms with Crippen molar-refractivity contribution in [2.45, 2.75) is 46.7 Å². The number of carbonyl (C=O) groups excluding carboxylic acids is 1. The molecule has 2 aromatic heterocycles. The molecule has 0 fully saturated rings. The molecular weight excluding hydrogens is 328 g/mol. The highest BCUT2D eigenvalue weighted by Crippen LogP contribution is 2.26. The number of nitrogens with zero attached hydrogens (tertiary/aromatic N) is 3. The Hall–Kier alpha value is -2.89. The fourth-order valence-corrected chi connectivity index (χ4v) is 3.44. The number of para-hydroxylation sites is 1. The number of amides is 1. The van der Waals surface area contributed by atoms with Gasteiger partial charge in [0.25, 0.3) is 5.56 Å². The van der Waals surface area contributed by atoms with Gasteiger partial charge >= 0.3 is 0 Å². The topological polar surface area (TPSA) is 68.9 Å². The molecule has 26 heavy (non-hydrogen) atoms. The smallest absolute Gasteiger partial charge is 0.281 e. The Morgan fingerprint density at radius 3 is 2.35 bits per heavy atom. The van der Waals surface area contributed by atoms with Gasteiger partial charge in [0.15, 0.2) is 0 Å². The number of hydrogen-bond donors (Lipinski definition) is 1. The minimum atomic E-state index is -0.408. The van der Waals surface area contributed by atoms with Gasteiger partial charge in [-0.25, -0.2) is 0 Å². The second-order valence-corrected chi connectivity index (χ2v) is 6.87. The molecule has 0 saturated carbocycles. The molecule has 1 amide bonds. The van der Waals surface area contributed by atoms with Crippen LogP contribution in [0.4, 0.5) is 0 Å². The van der Waals surface area contributed by atoms with Crippen LogP contribution in [0.3, 0.4) is 0 Å². The number of benzene rings is 1. The maximum absolute atomic E-state index is 13.1. The monoisotopic (exact) mass is 352 g/mol. The van der Waals surface area contributed by atoms with Crippen LogP contribution in [0.2, 0.25) is 0 Å². The number of carbonyl (C=O) groups is 1. The van der Waals surface area contributed by atoms with Gasteiger partial charge in [-0.1, -0.05) is 18.2 Å². The van der Waals surface area contributed by atoms with Gasteiger partial charge in [-0.2, -0.15) is 9.78 Å². The maximum atomic E-state index is 13.1. The van der Waals surface area contributed by atoms with Gasteiger partial charge in [0, 0.05) is 22.8 Å². The number of hydrogen-bond acceptors (Lipinski definition) is 3. The first-order valence-corrected chi connectivity index (χ1v) is 8.78. The van der Waals surface area contributed by atoms with Crippen molar-refractivity contribution in [2.24, 2.45) is 0 Å².